The molecule has 0 aliphatic carbocycles. The molecule has 3 amide bonds. The molecular weight excluding hydrogens is 436 g/mol. The van der Waals surface area contributed by atoms with Crippen LogP contribution in [0.1, 0.15) is 27.8 Å². The maximum absolute atomic E-state index is 12.7. The standard InChI is InChI=1S/C20H18N6O5S/c1-11(27)26-32(30,31)15-8-6-14(7-9-15)24-20(29)17-18(21)23-10-16(25-17)12-2-4-13(5-3-12)19(22)28/h2-10H,1H3,(H2,21,23)(H2,22,28)(H,24,29)(H,26,27). The first-order valence-corrected chi connectivity index (χ1v) is 10.5. The fraction of sp³-hybridized carbons (Fsp3) is 0.0500. The predicted molar refractivity (Wildman–Crippen MR) is 116 cm³/mol. The molecule has 0 bridgehead atoms. The van der Waals surface area contributed by atoms with E-state index >= 15 is 0 Å². The Morgan fingerprint density at radius 2 is 1.59 bits per heavy atom. The average molecular weight is 454 g/mol. The highest BCUT2D eigenvalue weighted by atomic mass is 32.2. The Labute approximate surface area is 182 Å². The van der Waals surface area contributed by atoms with Gasteiger partial charge in [0.15, 0.2) is 11.5 Å². The second kappa shape index (κ2) is 8.81. The van der Waals surface area contributed by atoms with Crippen molar-refractivity contribution in [3.63, 3.8) is 0 Å². The molecule has 0 aliphatic rings. The molecule has 11 nitrogen and oxygen atoms in total. The zero-order valence-corrected chi connectivity index (χ0v) is 17.5. The number of rotatable bonds is 6. The van der Waals surface area contributed by atoms with Gasteiger partial charge in [0.1, 0.15) is 0 Å². The molecule has 0 radical (unpaired) electrons. The van der Waals surface area contributed by atoms with Crippen molar-refractivity contribution in [2.45, 2.75) is 11.8 Å². The zero-order chi connectivity index (χ0) is 23.5. The molecular formula is C20H18N6O5S. The first-order chi connectivity index (χ1) is 15.1. The van der Waals surface area contributed by atoms with E-state index in [2.05, 4.69) is 15.3 Å². The van der Waals surface area contributed by atoms with Gasteiger partial charge in [-0.3, -0.25) is 14.4 Å². The number of nitrogens with one attached hydrogen (secondary N) is 2. The van der Waals surface area contributed by atoms with Crippen molar-refractivity contribution in [3.05, 3.63) is 66.0 Å². The maximum atomic E-state index is 12.7. The topological polar surface area (TPSA) is 187 Å². The van der Waals surface area contributed by atoms with Gasteiger partial charge in [-0.15, -0.1) is 0 Å². The molecule has 0 saturated carbocycles. The lowest BCUT2D eigenvalue weighted by atomic mass is 10.1. The number of primary amides is 1. The van der Waals surface area contributed by atoms with E-state index in [9.17, 15) is 22.8 Å². The van der Waals surface area contributed by atoms with Gasteiger partial charge in [-0.2, -0.15) is 0 Å². The van der Waals surface area contributed by atoms with Crippen LogP contribution < -0.4 is 21.5 Å². The first kappa shape index (κ1) is 22.4. The summed E-state index contributed by atoms with van der Waals surface area (Å²) in [5.41, 5.74) is 12.4. The Morgan fingerprint density at radius 3 is 2.16 bits per heavy atom. The molecule has 0 aliphatic heterocycles. The Morgan fingerprint density at radius 1 is 0.969 bits per heavy atom. The number of carbonyl (C=O) groups is 3. The molecule has 3 rings (SSSR count). The van der Waals surface area contributed by atoms with Crippen LogP contribution in [0.4, 0.5) is 11.5 Å². The summed E-state index contributed by atoms with van der Waals surface area (Å²) in [4.78, 5) is 43.0. The molecule has 32 heavy (non-hydrogen) atoms. The van der Waals surface area contributed by atoms with Gasteiger partial charge >= 0.3 is 0 Å². The normalized spacial score (nSPS) is 10.9. The number of sulfonamides is 1. The third kappa shape index (κ3) is 5.05. The first-order valence-electron chi connectivity index (χ1n) is 9.04. The number of hydrogen-bond acceptors (Lipinski definition) is 8. The van der Waals surface area contributed by atoms with Crippen LogP contribution in [0.5, 0.6) is 0 Å². The minimum atomic E-state index is -3.99. The fourth-order valence-electron chi connectivity index (χ4n) is 2.67. The summed E-state index contributed by atoms with van der Waals surface area (Å²) in [5, 5.41) is 2.56. The summed E-state index contributed by atoms with van der Waals surface area (Å²) < 4.78 is 25.8. The van der Waals surface area contributed by atoms with Gasteiger partial charge in [-0.1, -0.05) is 12.1 Å². The average Bonchev–Trinajstić information content (AvgIpc) is 2.73. The Balaban J connectivity index is 1.81. The second-order valence-electron chi connectivity index (χ2n) is 6.57. The molecule has 0 saturated heterocycles. The number of carbonyl (C=O) groups excluding carboxylic acids is 3. The Hall–Kier alpha value is -4.32. The third-order valence-corrected chi connectivity index (χ3v) is 5.63. The van der Waals surface area contributed by atoms with E-state index in [0.29, 0.717) is 16.8 Å². The van der Waals surface area contributed by atoms with Gasteiger partial charge in [0.2, 0.25) is 11.8 Å². The van der Waals surface area contributed by atoms with Crippen LogP contribution in [-0.2, 0) is 14.8 Å². The Kier molecular flexibility index (Phi) is 6.16. The molecule has 2 aromatic carbocycles. The predicted octanol–water partition coefficient (Wildman–Crippen LogP) is 0.902. The number of nitrogens with zero attached hydrogens (tertiary/aromatic N) is 2. The van der Waals surface area contributed by atoms with Crippen LogP contribution in [0.15, 0.2) is 59.6 Å². The Bertz CT molecular complexity index is 1310. The fourth-order valence-corrected chi connectivity index (χ4v) is 3.66. The van der Waals surface area contributed by atoms with E-state index in [1.807, 2.05) is 4.72 Å². The number of anilines is 2. The summed E-state index contributed by atoms with van der Waals surface area (Å²) in [6, 6.07) is 11.4. The van der Waals surface area contributed by atoms with Crippen molar-refractivity contribution >= 4 is 39.3 Å². The van der Waals surface area contributed by atoms with E-state index in [1.165, 1.54) is 42.6 Å². The molecule has 164 valence electrons. The van der Waals surface area contributed by atoms with Crippen molar-refractivity contribution < 1.29 is 22.8 Å². The summed E-state index contributed by atoms with van der Waals surface area (Å²) in [5.74, 6) is -2.07. The van der Waals surface area contributed by atoms with Crippen molar-refractivity contribution in [2.75, 3.05) is 11.1 Å². The largest absolute Gasteiger partial charge is 0.382 e. The van der Waals surface area contributed by atoms with Gasteiger partial charge in [-0.25, -0.2) is 23.1 Å². The monoisotopic (exact) mass is 454 g/mol. The number of amides is 3. The van der Waals surface area contributed by atoms with Gasteiger partial charge in [0, 0.05) is 23.7 Å². The lowest BCUT2D eigenvalue weighted by molar-refractivity contribution is -0.117. The van der Waals surface area contributed by atoms with Crippen molar-refractivity contribution in [3.8, 4) is 11.3 Å². The molecule has 0 fully saturated rings. The second-order valence-corrected chi connectivity index (χ2v) is 8.25. The highest BCUT2D eigenvalue weighted by Gasteiger charge is 2.18. The van der Waals surface area contributed by atoms with Crippen LogP contribution in [0.3, 0.4) is 0 Å². The van der Waals surface area contributed by atoms with E-state index in [0.717, 1.165) is 6.92 Å². The third-order valence-electron chi connectivity index (χ3n) is 4.18. The van der Waals surface area contributed by atoms with E-state index in [1.54, 1.807) is 12.1 Å². The van der Waals surface area contributed by atoms with Gasteiger partial charge < -0.3 is 16.8 Å². The van der Waals surface area contributed by atoms with E-state index in [4.69, 9.17) is 11.5 Å². The van der Waals surface area contributed by atoms with E-state index < -0.39 is 27.7 Å². The summed E-state index contributed by atoms with van der Waals surface area (Å²) >= 11 is 0. The summed E-state index contributed by atoms with van der Waals surface area (Å²) in [7, 11) is -3.99. The molecule has 1 heterocycles. The minimum absolute atomic E-state index is 0.107. The number of aromatic nitrogens is 2. The lowest BCUT2D eigenvalue weighted by Gasteiger charge is -2.10. The van der Waals surface area contributed by atoms with Crippen molar-refractivity contribution in [1.82, 2.24) is 14.7 Å². The highest BCUT2D eigenvalue weighted by molar-refractivity contribution is 7.90. The number of nitrogens with two attached hydrogens (primary N) is 2. The number of nitrogen functional groups attached to an aromatic ring is 1. The van der Waals surface area contributed by atoms with E-state index in [-0.39, 0.29) is 22.1 Å². The molecule has 12 heteroatoms. The van der Waals surface area contributed by atoms with Crippen LogP contribution in [0.25, 0.3) is 11.3 Å². The summed E-state index contributed by atoms with van der Waals surface area (Å²) in [6.07, 6.45) is 1.38. The smallest absolute Gasteiger partial charge is 0.278 e. The quantitative estimate of drug-likeness (QED) is 0.423. The molecule has 0 spiro atoms. The molecule has 0 atom stereocenters. The highest BCUT2D eigenvalue weighted by Crippen LogP contribution is 2.20. The van der Waals surface area contributed by atoms with Crippen LogP contribution in [0, 0.1) is 0 Å². The van der Waals surface area contributed by atoms with Crippen molar-refractivity contribution in [2.24, 2.45) is 5.73 Å². The molecule has 6 N–H and O–H groups in total. The molecule has 1 aromatic heterocycles. The molecule has 0 unspecified atom stereocenters. The van der Waals surface area contributed by atoms with Crippen LogP contribution >= 0.6 is 0 Å². The number of hydrogen-bond donors (Lipinski definition) is 4. The zero-order valence-electron chi connectivity index (χ0n) is 16.7. The maximum Gasteiger partial charge on any atom is 0.278 e. The van der Waals surface area contributed by atoms with Gasteiger partial charge in [0.05, 0.1) is 16.8 Å². The molecule has 3 aromatic rings. The van der Waals surface area contributed by atoms with Crippen LogP contribution in [0.2, 0.25) is 0 Å². The van der Waals surface area contributed by atoms with Gasteiger partial charge in [-0.05, 0) is 36.4 Å². The summed E-state index contributed by atoms with van der Waals surface area (Å²) in [6.45, 7) is 1.08. The van der Waals surface area contributed by atoms with Crippen LogP contribution in [-0.4, -0.2) is 36.1 Å². The minimum Gasteiger partial charge on any atom is -0.382 e. The SMILES string of the molecule is CC(=O)NS(=O)(=O)c1ccc(NC(=O)c2nc(-c3ccc(C(N)=O)cc3)cnc2N)cc1. The number of benzene rings is 2. The van der Waals surface area contributed by atoms with Crippen molar-refractivity contribution in [1.29, 1.82) is 0 Å². The van der Waals surface area contributed by atoms with Gasteiger partial charge in [0.25, 0.3) is 15.9 Å². The lowest BCUT2D eigenvalue weighted by Crippen LogP contribution is -2.28.